The van der Waals surface area contributed by atoms with Gasteiger partial charge in [0.15, 0.2) is 6.61 Å². The maximum Gasteiger partial charge on any atom is 0.265 e. The number of nitrogens with one attached hydrogen (secondary N) is 2. The molecule has 34 heavy (non-hydrogen) atoms. The van der Waals surface area contributed by atoms with Crippen LogP contribution in [0.15, 0.2) is 78.9 Å². The van der Waals surface area contributed by atoms with Crippen molar-refractivity contribution in [1.82, 2.24) is 0 Å². The summed E-state index contributed by atoms with van der Waals surface area (Å²) in [6, 6.07) is 21.9. The zero-order valence-corrected chi connectivity index (χ0v) is 18.7. The Morgan fingerprint density at radius 1 is 0.941 bits per heavy atom. The van der Waals surface area contributed by atoms with Crippen LogP contribution in [0.2, 0.25) is 0 Å². The molecule has 3 amide bonds. The molecule has 1 unspecified atom stereocenters. The second kappa shape index (κ2) is 10.5. The molecular formula is C26H25N3O5. The van der Waals surface area contributed by atoms with E-state index < -0.39 is 23.8 Å². The summed E-state index contributed by atoms with van der Waals surface area (Å²) in [5.41, 5.74) is 1.51. The number of amides is 3. The van der Waals surface area contributed by atoms with Crippen LogP contribution in [0.3, 0.4) is 0 Å². The molecular weight excluding hydrogens is 434 g/mol. The van der Waals surface area contributed by atoms with Gasteiger partial charge in [-0.1, -0.05) is 42.5 Å². The molecule has 3 aromatic carbocycles. The molecule has 0 fully saturated rings. The lowest BCUT2D eigenvalue weighted by atomic mass is 10.0. The van der Waals surface area contributed by atoms with Gasteiger partial charge in [0.1, 0.15) is 17.5 Å². The molecule has 1 atom stereocenters. The number of rotatable bonds is 8. The molecule has 1 aliphatic heterocycles. The second-order valence-corrected chi connectivity index (χ2v) is 7.57. The van der Waals surface area contributed by atoms with Crippen molar-refractivity contribution in [3.8, 4) is 11.5 Å². The second-order valence-electron chi connectivity index (χ2n) is 7.57. The van der Waals surface area contributed by atoms with Gasteiger partial charge in [-0.05, 0) is 43.3 Å². The summed E-state index contributed by atoms with van der Waals surface area (Å²) in [5, 5.41) is 5.58. The third kappa shape index (κ3) is 5.17. The number of carbonyl (C=O) groups is 3. The van der Waals surface area contributed by atoms with Gasteiger partial charge in [-0.3, -0.25) is 19.3 Å². The van der Waals surface area contributed by atoms with Gasteiger partial charge in [0, 0.05) is 0 Å². The van der Waals surface area contributed by atoms with Crippen molar-refractivity contribution in [2.45, 2.75) is 19.4 Å². The molecule has 4 rings (SSSR count). The fraction of sp³-hybridized carbons (Fsp3) is 0.192. The number of anilines is 3. The monoisotopic (exact) mass is 459 g/mol. The Bertz CT molecular complexity index is 1180. The molecule has 0 aromatic heterocycles. The van der Waals surface area contributed by atoms with Crippen molar-refractivity contribution in [2.24, 2.45) is 0 Å². The third-order valence-electron chi connectivity index (χ3n) is 5.25. The number of carbonyl (C=O) groups excluding carboxylic acids is 3. The van der Waals surface area contributed by atoms with Crippen LogP contribution in [0, 0.1) is 0 Å². The van der Waals surface area contributed by atoms with Crippen LogP contribution in [-0.2, 0) is 14.4 Å². The van der Waals surface area contributed by atoms with E-state index >= 15 is 0 Å². The number of nitrogens with zero attached hydrogens (tertiary/aromatic N) is 1. The number of hydrogen-bond acceptors (Lipinski definition) is 5. The van der Waals surface area contributed by atoms with Crippen molar-refractivity contribution < 1.29 is 23.9 Å². The van der Waals surface area contributed by atoms with Crippen LogP contribution >= 0.6 is 0 Å². The van der Waals surface area contributed by atoms with Gasteiger partial charge in [-0.2, -0.15) is 0 Å². The van der Waals surface area contributed by atoms with Crippen molar-refractivity contribution >= 4 is 34.8 Å². The Labute approximate surface area is 197 Å². The van der Waals surface area contributed by atoms with Crippen LogP contribution in [-0.4, -0.2) is 37.0 Å². The highest BCUT2D eigenvalue weighted by atomic mass is 16.5. The van der Waals surface area contributed by atoms with Gasteiger partial charge in [-0.25, -0.2) is 0 Å². The van der Waals surface area contributed by atoms with E-state index in [-0.39, 0.29) is 13.0 Å². The molecule has 1 heterocycles. The van der Waals surface area contributed by atoms with Crippen LogP contribution < -0.4 is 25.0 Å². The van der Waals surface area contributed by atoms with E-state index in [1.54, 1.807) is 72.8 Å². The molecule has 3 aromatic rings. The maximum atomic E-state index is 13.2. The number of ether oxygens (including phenoxy) is 2. The van der Waals surface area contributed by atoms with Crippen molar-refractivity contribution in [1.29, 1.82) is 0 Å². The summed E-state index contributed by atoms with van der Waals surface area (Å²) in [6.07, 6.45) is -0.238. The lowest BCUT2D eigenvalue weighted by Crippen LogP contribution is -2.53. The standard InChI is InChI=1S/C26H25N3O5/c1-2-33-23-15-9-7-13-20(23)27-24(30)16-22-26(32)28-19-12-6-8-14-21(19)29(22)25(31)17-34-18-10-4-3-5-11-18/h3-15,22H,2,16-17H2,1H3,(H,27,30)(H,28,32). The topological polar surface area (TPSA) is 97.0 Å². The molecule has 0 radical (unpaired) electrons. The maximum absolute atomic E-state index is 13.2. The Morgan fingerprint density at radius 3 is 2.44 bits per heavy atom. The lowest BCUT2D eigenvalue weighted by molar-refractivity contribution is -0.127. The van der Waals surface area contributed by atoms with E-state index in [9.17, 15) is 14.4 Å². The van der Waals surface area contributed by atoms with Crippen LogP contribution in [0.1, 0.15) is 13.3 Å². The highest BCUT2D eigenvalue weighted by Crippen LogP contribution is 2.33. The predicted octanol–water partition coefficient (Wildman–Crippen LogP) is 3.85. The van der Waals surface area contributed by atoms with E-state index in [1.165, 1.54) is 4.90 Å². The average Bonchev–Trinajstić information content (AvgIpc) is 2.85. The number of benzene rings is 3. The Morgan fingerprint density at radius 2 is 1.65 bits per heavy atom. The van der Waals surface area contributed by atoms with Gasteiger partial charge in [0.2, 0.25) is 11.8 Å². The molecule has 0 saturated carbocycles. The smallest absolute Gasteiger partial charge is 0.265 e. The number of fused-ring (bicyclic) bond motifs is 1. The normalized spacial score (nSPS) is 14.6. The highest BCUT2D eigenvalue weighted by Gasteiger charge is 2.38. The summed E-state index contributed by atoms with van der Waals surface area (Å²) < 4.78 is 11.2. The van der Waals surface area contributed by atoms with Crippen LogP contribution in [0.25, 0.3) is 0 Å². The van der Waals surface area contributed by atoms with Crippen molar-refractivity contribution in [3.05, 3.63) is 78.9 Å². The van der Waals surface area contributed by atoms with Crippen molar-refractivity contribution in [3.63, 3.8) is 0 Å². The summed E-state index contributed by atoms with van der Waals surface area (Å²) in [5.74, 6) is -0.236. The van der Waals surface area contributed by atoms with Gasteiger partial charge in [-0.15, -0.1) is 0 Å². The van der Waals surface area contributed by atoms with E-state index in [0.29, 0.717) is 35.2 Å². The summed E-state index contributed by atoms with van der Waals surface area (Å²) in [4.78, 5) is 40.5. The van der Waals surface area contributed by atoms with Crippen LogP contribution in [0.4, 0.5) is 17.1 Å². The Balaban J connectivity index is 1.55. The third-order valence-corrected chi connectivity index (χ3v) is 5.25. The zero-order chi connectivity index (χ0) is 23.9. The molecule has 0 bridgehead atoms. The molecule has 0 spiro atoms. The predicted molar refractivity (Wildman–Crippen MR) is 129 cm³/mol. The van der Waals surface area contributed by atoms with Crippen molar-refractivity contribution in [2.75, 3.05) is 28.7 Å². The lowest BCUT2D eigenvalue weighted by Gasteiger charge is -2.36. The minimum absolute atomic E-state index is 0.238. The first-order valence-electron chi connectivity index (χ1n) is 11.0. The summed E-state index contributed by atoms with van der Waals surface area (Å²) in [7, 11) is 0. The fourth-order valence-corrected chi connectivity index (χ4v) is 3.74. The van der Waals surface area contributed by atoms with Gasteiger partial charge >= 0.3 is 0 Å². The Hall–Kier alpha value is -4.33. The largest absolute Gasteiger partial charge is 0.492 e. The molecule has 2 N–H and O–H groups in total. The first-order valence-corrected chi connectivity index (χ1v) is 11.0. The molecule has 174 valence electrons. The molecule has 1 aliphatic rings. The number of hydrogen-bond donors (Lipinski definition) is 2. The fourth-order valence-electron chi connectivity index (χ4n) is 3.74. The SMILES string of the molecule is CCOc1ccccc1NC(=O)CC1C(=O)Nc2ccccc2N1C(=O)COc1ccccc1. The van der Waals surface area contributed by atoms with Gasteiger partial charge in [0.05, 0.1) is 30.1 Å². The van der Waals surface area contributed by atoms with E-state index in [2.05, 4.69) is 10.6 Å². The number of para-hydroxylation sites is 5. The quantitative estimate of drug-likeness (QED) is 0.533. The summed E-state index contributed by atoms with van der Waals surface area (Å²) in [6.45, 7) is 2.01. The highest BCUT2D eigenvalue weighted by molar-refractivity contribution is 6.14. The minimum atomic E-state index is -1.04. The van der Waals surface area contributed by atoms with Gasteiger partial charge in [0.25, 0.3) is 5.91 Å². The van der Waals surface area contributed by atoms with E-state index in [4.69, 9.17) is 9.47 Å². The zero-order valence-electron chi connectivity index (χ0n) is 18.7. The van der Waals surface area contributed by atoms with Crippen LogP contribution in [0.5, 0.6) is 11.5 Å². The average molecular weight is 460 g/mol. The molecule has 0 aliphatic carbocycles. The molecule has 8 heteroatoms. The molecule has 8 nitrogen and oxygen atoms in total. The van der Waals surface area contributed by atoms with E-state index in [0.717, 1.165) is 0 Å². The summed E-state index contributed by atoms with van der Waals surface area (Å²) >= 11 is 0. The first-order chi connectivity index (χ1) is 16.6. The van der Waals surface area contributed by atoms with E-state index in [1.807, 2.05) is 13.0 Å². The minimum Gasteiger partial charge on any atom is -0.492 e. The first kappa shape index (κ1) is 22.8. The Kier molecular flexibility index (Phi) is 7.07. The van der Waals surface area contributed by atoms with Gasteiger partial charge < -0.3 is 20.1 Å². The molecule has 0 saturated heterocycles.